The van der Waals surface area contributed by atoms with Crippen molar-refractivity contribution in [3.8, 4) is 0 Å². The van der Waals surface area contributed by atoms with Crippen molar-refractivity contribution in [2.75, 3.05) is 7.11 Å². The molecular weight excluding hydrogens is 346 g/mol. The molecule has 142 valence electrons. The van der Waals surface area contributed by atoms with Crippen molar-refractivity contribution in [1.82, 2.24) is 5.32 Å². The number of ether oxygens (including phenoxy) is 2. The molecule has 0 spiro atoms. The maximum Gasteiger partial charge on any atom is 0.337 e. The number of fused-ring (bicyclic) bond motifs is 1. The first kappa shape index (κ1) is 17.8. The van der Waals surface area contributed by atoms with E-state index in [1.807, 2.05) is 0 Å². The number of hydrogen-bond acceptors (Lipinski definition) is 5. The first-order chi connectivity index (χ1) is 12.9. The first-order valence-electron chi connectivity index (χ1n) is 9.34. The summed E-state index contributed by atoms with van der Waals surface area (Å²) in [6, 6.07) is 6.19. The molecule has 6 nitrogen and oxygen atoms in total. The van der Waals surface area contributed by atoms with E-state index in [9.17, 15) is 14.4 Å². The van der Waals surface area contributed by atoms with Crippen LogP contribution in [0.2, 0.25) is 0 Å². The minimum absolute atomic E-state index is 0.0143. The van der Waals surface area contributed by atoms with Gasteiger partial charge in [0.25, 0.3) is 5.91 Å². The van der Waals surface area contributed by atoms with E-state index < -0.39 is 12.0 Å². The number of ketones is 1. The van der Waals surface area contributed by atoms with Crippen LogP contribution in [0, 0.1) is 17.8 Å². The summed E-state index contributed by atoms with van der Waals surface area (Å²) < 4.78 is 10.7. The average molecular weight is 369 g/mol. The zero-order valence-electron chi connectivity index (χ0n) is 15.7. The molecule has 2 heterocycles. The van der Waals surface area contributed by atoms with Gasteiger partial charge in [-0.25, -0.2) is 4.79 Å². The van der Waals surface area contributed by atoms with E-state index in [1.54, 1.807) is 24.3 Å². The zero-order valence-corrected chi connectivity index (χ0v) is 15.7. The van der Waals surface area contributed by atoms with Crippen LogP contribution < -0.4 is 5.32 Å². The number of benzene rings is 1. The SMILES string of the molecule is COC(=O)c1ccc(C2NC(=O)C3=C2C(=O)C2CC(C)C(C)CC2O3)cc1. The van der Waals surface area contributed by atoms with Crippen LogP contribution in [0.25, 0.3) is 0 Å². The molecule has 6 heteroatoms. The van der Waals surface area contributed by atoms with Crippen LogP contribution >= 0.6 is 0 Å². The van der Waals surface area contributed by atoms with E-state index in [4.69, 9.17) is 9.47 Å². The number of rotatable bonds is 2. The minimum atomic E-state index is -0.540. The number of Topliss-reactive ketones (excluding diaryl/α,β-unsaturated/α-hetero) is 1. The Balaban J connectivity index is 1.66. The highest BCUT2D eigenvalue weighted by Crippen LogP contribution is 2.45. The molecular formula is C21H23NO5. The minimum Gasteiger partial charge on any atom is -0.483 e. The average Bonchev–Trinajstić information content (AvgIpc) is 3.00. The Hall–Kier alpha value is -2.63. The van der Waals surface area contributed by atoms with Gasteiger partial charge in [-0.3, -0.25) is 9.59 Å². The Morgan fingerprint density at radius 3 is 2.44 bits per heavy atom. The number of amides is 1. The molecule has 0 radical (unpaired) electrons. The zero-order chi connectivity index (χ0) is 19.3. The van der Waals surface area contributed by atoms with Crippen LogP contribution in [-0.4, -0.2) is 30.9 Å². The van der Waals surface area contributed by atoms with Crippen molar-refractivity contribution < 1.29 is 23.9 Å². The molecule has 1 N–H and O–H groups in total. The van der Waals surface area contributed by atoms with Crippen LogP contribution in [0.3, 0.4) is 0 Å². The second-order valence-corrected chi connectivity index (χ2v) is 7.82. The summed E-state index contributed by atoms with van der Waals surface area (Å²) >= 11 is 0. The van der Waals surface area contributed by atoms with E-state index in [2.05, 4.69) is 19.2 Å². The van der Waals surface area contributed by atoms with E-state index in [0.29, 0.717) is 23.0 Å². The van der Waals surface area contributed by atoms with Crippen LogP contribution in [0.15, 0.2) is 35.6 Å². The van der Waals surface area contributed by atoms with E-state index in [0.717, 1.165) is 18.4 Å². The molecule has 1 aromatic rings. The van der Waals surface area contributed by atoms with E-state index in [1.165, 1.54) is 7.11 Å². The summed E-state index contributed by atoms with van der Waals surface area (Å²) in [5, 5.41) is 2.86. The molecule has 0 saturated heterocycles. The largest absolute Gasteiger partial charge is 0.483 e. The lowest BCUT2D eigenvalue weighted by molar-refractivity contribution is -0.134. The third-order valence-corrected chi connectivity index (χ3v) is 6.20. The Labute approximate surface area is 157 Å². The summed E-state index contributed by atoms with van der Waals surface area (Å²) in [6.45, 7) is 4.33. The smallest absolute Gasteiger partial charge is 0.337 e. The topological polar surface area (TPSA) is 81.7 Å². The van der Waals surface area contributed by atoms with Crippen LogP contribution in [-0.2, 0) is 19.1 Å². The Kier molecular flexibility index (Phi) is 4.29. The fourth-order valence-corrected chi connectivity index (χ4v) is 4.38. The van der Waals surface area contributed by atoms with Gasteiger partial charge < -0.3 is 14.8 Å². The monoisotopic (exact) mass is 369 g/mol. The molecule has 2 aliphatic heterocycles. The summed E-state index contributed by atoms with van der Waals surface area (Å²) in [6.07, 6.45) is 1.36. The summed E-state index contributed by atoms with van der Waals surface area (Å²) in [5.41, 5.74) is 1.59. The highest BCUT2D eigenvalue weighted by Gasteiger charge is 2.50. The van der Waals surface area contributed by atoms with Gasteiger partial charge in [0.1, 0.15) is 6.10 Å². The van der Waals surface area contributed by atoms with Gasteiger partial charge >= 0.3 is 5.97 Å². The number of carbonyl (C=O) groups is 3. The lowest BCUT2D eigenvalue weighted by Crippen LogP contribution is -2.43. The molecule has 0 bridgehead atoms. The second kappa shape index (κ2) is 6.51. The molecule has 1 fully saturated rings. The summed E-state index contributed by atoms with van der Waals surface area (Å²) in [5.74, 6) is 0.133. The maximum absolute atomic E-state index is 13.2. The highest BCUT2D eigenvalue weighted by atomic mass is 16.5. The predicted molar refractivity (Wildman–Crippen MR) is 96.6 cm³/mol. The van der Waals surface area contributed by atoms with E-state index >= 15 is 0 Å². The quantitative estimate of drug-likeness (QED) is 0.810. The maximum atomic E-state index is 13.2. The summed E-state index contributed by atoms with van der Waals surface area (Å²) in [7, 11) is 1.32. The van der Waals surface area contributed by atoms with Gasteiger partial charge in [0, 0.05) is 0 Å². The highest BCUT2D eigenvalue weighted by molar-refractivity contribution is 6.11. The molecule has 1 aromatic carbocycles. The van der Waals surface area contributed by atoms with Gasteiger partial charge in [-0.2, -0.15) is 0 Å². The molecule has 5 unspecified atom stereocenters. The van der Waals surface area contributed by atoms with Gasteiger partial charge in [-0.05, 0) is 42.4 Å². The fraction of sp³-hybridized carbons (Fsp3) is 0.476. The van der Waals surface area contributed by atoms with Crippen LogP contribution in [0.4, 0.5) is 0 Å². The van der Waals surface area contributed by atoms with Gasteiger partial charge in [0.05, 0.1) is 30.2 Å². The third-order valence-electron chi connectivity index (χ3n) is 6.20. The number of esters is 1. The summed E-state index contributed by atoms with van der Waals surface area (Å²) in [4.78, 5) is 37.3. The Bertz CT molecular complexity index is 841. The second-order valence-electron chi connectivity index (χ2n) is 7.82. The number of hydrogen-bond donors (Lipinski definition) is 1. The van der Waals surface area contributed by atoms with E-state index in [-0.39, 0.29) is 29.5 Å². The van der Waals surface area contributed by atoms with Crippen molar-refractivity contribution in [2.45, 2.75) is 38.8 Å². The van der Waals surface area contributed by atoms with Gasteiger partial charge in [0.15, 0.2) is 11.5 Å². The third kappa shape index (κ3) is 2.83. The molecule has 1 amide bonds. The lowest BCUT2D eigenvalue weighted by atomic mass is 9.70. The standard InChI is InChI=1S/C21H23NO5/c1-10-8-14-15(9-11(10)2)27-19-16(18(14)23)17(22-20(19)24)12-4-6-13(7-5-12)21(25)26-3/h4-7,10-11,14-15,17H,8-9H2,1-3H3,(H,22,24). The predicted octanol–water partition coefficient (Wildman–Crippen LogP) is 2.55. The van der Waals surface area contributed by atoms with Gasteiger partial charge in [-0.1, -0.05) is 26.0 Å². The molecule has 1 saturated carbocycles. The molecule has 5 atom stereocenters. The normalized spacial score (nSPS) is 32.3. The molecule has 0 aromatic heterocycles. The lowest BCUT2D eigenvalue weighted by Gasteiger charge is -2.40. The van der Waals surface area contributed by atoms with Crippen molar-refractivity contribution in [3.05, 3.63) is 46.7 Å². The molecule has 1 aliphatic carbocycles. The van der Waals surface area contributed by atoms with Crippen LogP contribution in [0.5, 0.6) is 0 Å². The van der Waals surface area contributed by atoms with Crippen LogP contribution in [0.1, 0.15) is 48.7 Å². The van der Waals surface area contributed by atoms with Gasteiger partial charge in [-0.15, -0.1) is 0 Å². The Morgan fingerprint density at radius 2 is 1.78 bits per heavy atom. The van der Waals surface area contributed by atoms with Crippen molar-refractivity contribution in [1.29, 1.82) is 0 Å². The Morgan fingerprint density at radius 1 is 1.11 bits per heavy atom. The number of nitrogens with one attached hydrogen (secondary N) is 1. The van der Waals surface area contributed by atoms with Crippen molar-refractivity contribution in [3.63, 3.8) is 0 Å². The molecule has 3 aliphatic rings. The first-order valence-corrected chi connectivity index (χ1v) is 9.34. The van der Waals surface area contributed by atoms with Crippen molar-refractivity contribution >= 4 is 17.7 Å². The van der Waals surface area contributed by atoms with Gasteiger partial charge in [0.2, 0.25) is 0 Å². The van der Waals surface area contributed by atoms with Crippen molar-refractivity contribution in [2.24, 2.45) is 17.8 Å². The molecule has 27 heavy (non-hydrogen) atoms. The molecule has 4 rings (SSSR count). The fourth-order valence-electron chi connectivity index (χ4n) is 4.38. The number of methoxy groups -OCH3 is 1. The number of carbonyl (C=O) groups excluding carboxylic acids is 3.